The van der Waals surface area contributed by atoms with E-state index in [-0.39, 0.29) is 26.5 Å². The van der Waals surface area contributed by atoms with Crippen LogP contribution in [-0.4, -0.2) is 38.6 Å². The van der Waals surface area contributed by atoms with E-state index in [1.165, 1.54) is 23.9 Å². The first-order chi connectivity index (χ1) is 13.7. The number of halogens is 2. The minimum Gasteiger partial charge on any atom is -0.339 e. The van der Waals surface area contributed by atoms with Crippen molar-refractivity contribution in [1.82, 2.24) is 4.90 Å². The van der Waals surface area contributed by atoms with Crippen molar-refractivity contribution in [3.63, 3.8) is 0 Å². The monoisotopic (exact) mass is 472 g/mol. The molecule has 5 nitrogen and oxygen atoms in total. The number of benzene rings is 2. The molecule has 0 aliphatic carbocycles. The summed E-state index contributed by atoms with van der Waals surface area (Å²) < 4.78 is 28.3. The zero-order chi connectivity index (χ0) is 21.2. The van der Waals surface area contributed by atoms with Crippen molar-refractivity contribution in [2.75, 3.05) is 24.1 Å². The fourth-order valence-corrected chi connectivity index (χ4v) is 5.49. The van der Waals surface area contributed by atoms with Crippen molar-refractivity contribution in [1.29, 1.82) is 0 Å². The molecule has 1 amide bonds. The minimum absolute atomic E-state index is 0.0139. The summed E-state index contributed by atoms with van der Waals surface area (Å²) in [6.45, 7) is 3.53. The Bertz CT molecular complexity index is 1000. The van der Waals surface area contributed by atoms with Crippen molar-refractivity contribution >= 4 is 56.6 Å². The van der Waals surface area contributed by atoms with E-state index in [4.69, 9.17) is 23.2 Å². The fourth-order valence-electron chi connectivity index (χ4n) is 3.19. The Balaban J connectivity index is 1.94. The lowest BCUT2D eigenvalue weighted by Gasteiger charge is -2.30. The number of carbonyl (C=O) groups is 1. The van der Waals surface area contributed by atoms with E-state index < -0.39 is 10.0 Å². The van der Waals surface area contributed by atoms with Crippen molar-refractivity contribution < 1.29 is 13.2 Å². The second kappa shape index (κ2) is 9.16. The summed E-state index contributed by atoms with van der Waals surface area (Å²) >= 11 is 13.6. The summed E-state index contributed by atoms with van der Waals surface area (Å²) in [5.74, 6) is 0.449. The summed E-state index contributed by atoms with van der Waals surface area (Å²) in [4.78, 5) is 15.6. The first kappa shape index (κ1) is 22.3. The van der Waals surface area contributed by atoms with Gasteiger partial charge in [0.1, 0.15) is 0 Å². The Morgan fingerprint density at radius 2 is 1.76 bits per heavy atom. The minimum atomic E-state index is -3.98. The van der Waals surface area contributed by atoms with Crippen molar-refractivity contribution in [3.8, 4) is 0 Å². The van der Waals surface area contributed by atoms with Gasteiger partial charge in [-0.15, -0.1) is 11.8 Å². The summed E-state index contributed by atoms with van der Waals surface area (Å²) in [6, 6.07) is 9.30. The molecule has 9 heteroatoms. The van der Waals surface area contributed by atoms with Crippen LogP contribution in [-0.2, 0) is 10.0 Å². The molecule has 0 saturated carbocycles. The lowest BCUT2D eigenvalue weighted by atomic mass is 9.98. The van der Waals surface area contributed by atoms with E-state index in [0.29, 0.717) is 24.6 Å². The zero-order valence-corrected chi connectivity index (χ0v) is 19.3. The molecule has 0 aromatic heterocycles. The number of thioether (sulfide) groups is 1. The highest BCUT2D eigenvalue weighted by Crippen LogP contribution is 2.33. The largest absolute Gasteiger partial charge is 0.339 e. The van der Waals surface area contributed by atoms with E-state index in [9.17, 15) is 13.2 Å². The van der Waals surface area contributed by atoms with Gasteiger partial charge in [-0.1, -0.05) is 36.2 Å². The molecule has 3 rings (SSSR count). The van der Waals surface area contributed by atoms with E-state index in [1.807, 2.05) is 6.26 Å². The molecular formula is C20H22Cl2N2O3S2. The molecule has 0 spiro atoms. The highest BCUT2D eigenvalue weighted by Gasteiger charge is 2.26. The third-order valence-corrected chi connectivity index (χ3v) is 7.75. The van der Waals surface area contributed by atoms with Gasteiger partial charge in [0.15, 0.2) is 0 Å². The van der Waals surface area contributed by atoms with Crippen LogP contribution in [0.25, 0.3) is 0 Å². The molecule has 0 atom stereocenters. The third kappa shape index (κ3) is 5.02. The average molecular weight is 473 g/mol. The van der Waals surface area contributed by atoms with Gasteiger partial charge in [0.2, 0.25) is 0 Å². The lowest BCUT2D eigenvalue weighted by molar-refractivity contribution is 0.0693. The van der Waals surface area contributed by atoms with Gasteiger partial charge in [0.05, 0.1) is 26.2 Å². The number of anilines is 1. The molecule has 0 unspecified atom stereocenters. The van der Waals surface area contributed by atoms with Crippen molar-refractivity contribution in [2.45, 2.75) is 29.6 Å². The van der Waals surface area contributed by atoms with Gasteiger partial charge >= 0.3 is 0 Å². The number of rotatable bonds is 5. The van der Waals surface area contributed by atoms with Gasteiger partial charge in [-0.25, -0.2) is 8.42 Å². The van der Waals surface area contributed by atoms with E-state index in [1.54, 1.807) is 29.2 Å². The second-order valence-electron chi connectivity index (χ2n) is 7.04. The number of carbonyl (C=O) groups excluding carboxylic acids is 1. The van der Waals surface area contributed by atoms with Crippen LogP contribution in [0.2, 0.25) is 10.0 Å². The van der Waals surface area contributed by atoms with Crippen LogP contribution in [0.4, 0.5) is 5.69 Å². The molecule has 2 aromatic carbocycles. The number of amides is 1. The molecule has 1 N–H and O–H groups in total. The Morgan fingerprint density at radius 3 is 2.34 bits per heavy atom. The Labute approximate surface area is 185 Å². The number of sulfonamides is 1. The molecule has 1 heterocycles. The van der Waals surface area contributed by atoms with Crippen LogP contribution >= 0.6 is 35.0 Å². The summed E-state index contributed by atoms with van der Waals surface area (Å²) in [6.07, 6.45) is 3.76. The molecular weight excluding hydrogens is 451 g/mol. The second-order valence-corrected chi connectivity index (χ2v) is 10.4. The summed E-state index contributed by atoms with van der Waals surface area (Å²) in [5.41, 5.74) is 0.503. The van der Waals surface area contributed by atoms with Gasteiger partial charge in [-0.3, -0.25) is 9.52 Å². The molecule has 1 fully saturated rings. The van der Waals surface area contributed by atoms with Crippen LogP contribution in [0.15, 0.2) is 46.2 Å². The summed E-state index contributed by atoms with van der Waals surface area (Å²) in [7, 11) is -3.98. The van der Waals surface area contributed by atoms with Crippen LogP contribution in [0.5, 0.6) is 0 Å². The van der Waals surface area contributed by atoms with Gasteiger partial charge in [-0.2, -0.15) is 0 Å². The van der Waals surface area contributed by atoms with E-state index >= 15 is 0 Å². The number of nitrogens with zero attached hydrogens (tertiary/aromatic N) is 1. The zero-order valence-electron chi connectivity index (χ0n) is 16.1. The number of para-hydroxylation sites is 1. The first-order valence-electron chi connectivity index (χ1n) is 9.17. The molecule has 0 radical (unpaired) electrons. The van der Waals surface area contributed by atoms with E-state index in [2.05, 4.69) is 11.6 Å². The van der Waals surface area contributed by atoms with Crippen LogP contribution in [0.3, 0.4) is 0 Å². The van der Waals surface area contributed by atoms with Crippen LogP contribution in [0.1, 0.15) is 30.1 Å². The van der Waals surface area contributed by atoms with E-state index in [0.717, 1.165) is 17.7 Å². The highest BCUT2D eigenvalue weighted by atomic mass is 35.5. The Hall–Kier alpha value is -1.41. The molecule has 1 saturated heterocycles. The van der Waals surface area contributed by atoms with Gasteiger partial charge in [-0.05, 0) is 55.3 Å². The SMILES string of the molecule is CSc1ccc(S(=O)(=O)Nc2c(Cl)cccc2Cl)cc1C(=O)N1CCC(C)CC1. The Morgan fingerprint density at radius 1 is 1.14 bits per heavy atom. The quantitative estimate of drug-likeness (QED) is 0.592. The molecule has 1 aliphatic heterocycles. The van der Waals surface area contributed by atoms with Gasteiger partial charge < -0.3 is 4.90 Å². The van der Waals surface area contributed by atoms with Gasteiger partial charge in [0, 0.05) is 18.0 Å². The van der Waals surface area contributed by atoms with Crippen LogP contribution < -0.4 is 4.72 Å². The number of hydrogen-bond acceptors (Lipinski definition) is 4. The third-order valence-electron chi connectivity index (χ3n) is 4.98. The highest BCUT2D eigenvalue weighted by molar-refractivity contribution is 7.98. The number of piperidine rings is 1. The molecule has 2 aromatic rings. The van der Waals surface area contributed by atoms with Gasteiger partial charge in [0.25, 0.3) is 15.9 Å². The predicted molar refractivity (Wildman–Crippen MR) is 120 cm³/mol. The maximum Gasteiger partial charge on any atom is 0.262 e. The van der Waals surface area contributed by atoms with Crippen molar-refractivity contribution in [3.05, 3.63) is 52.0 Å². The van der Waals surface area contributed by atoms with Crippen molar-refractivity contribution in [2.24, 2.45) is 5.92 Å². The molecule has 156 valence electrons. The maximum atomic E-state index is 13.1. The molecule has 1 aliphatic rings. The smallest absolute Gasteiger partial charge is 0.262 e. The summed E-state index contributed by atoms with van der Waals surface area (Å²) in [5, 5.41) is 0.390. The topological polar surface area (TPSA) is 66.5 Å². The number of hydrogen-bond donors (Lipinski definition) is 1. The molecule has 29 heavy (non-hydrogen) atoms. The van der Waals surface area contributed by atoms with Crippen LogP contribution in [0, 0.1) is 5.92 Å². The Kier molecular flexibility index (Phi) is 7.04. The fraction of sp³-hybridized carbons (Fsp3) is 0.350. The number of nitrogens with one attached hydrogen (secondary N) is 1. The lowest BCUT2D eigenvalue weighted by Crippen LogP contribution is -2.38. The first-order valence-corrected chi connectivity index (χ1v) is 12.6. The normalized spacial score (nSPS) is 15.4. The number of likely N-dealkylation sites (tertiary alicyclic amines) is 1. The molecule has 0 bridgehead atoms. The predicted octanol–water partition coefficient (Wildman–Crippen LogP) is 5.39. The maximum absolute atomic E-state index is 13.1. The average Bonchev–Trinajstić information content (AvgIpc) is 2.70. The standard InChI is InChI=1S/C20H22Cl2N2O3S2/c1-13-8-10-24(11-9-13)20(25)15-12-14(6-7-18(15)28-2)29(26,27)23-19-16(21)4-3-5-17(19)22/h3-7,12-13,23H,8-11H2,1-2H3.